The van der Waals surface area contributed by atoms with Crippen LogP contribution in [0.5, 0.6) is 0 Å². The summed E-state index contributed by atoms with van der Waals surface area (Å²) in [6, 6.07) is 1.08. The molecule has 0 unspecified atom stereocenters. The first-order valence-corrected chi connectivity index (χ1v) is 4.73. The Morgan fingerprint density at radius 2 is 1.82 bits per heavy atom. The molecule has 0 saturated carbocycles. The summed E-state index contributed by atoms with van der Waals surface area (Å²) < 4.78 is 43.4. The molecule has 7 heteroatoms. The molecule has 1 atom stereocenters. The van der Waals surface area contributed by atoms with E-state index in [0.29, 0.717) is 0 Å². The van der Waals surface area contributed by atoms with Gasteiger partial charge in [0.25, 0.3) is 0 Å². The molecule has 0 aliphatic rings. The van der Waals surface area contributed by atoms with Gasteiger partial charge in [0.1, 0.15) is 0 Å². The first-order valence-electron chi connectivity index (χ1n) is 4.73. The van der Waals surface area contributed by atoms with Crippen LogP contribution in [0.25, 0.3) is 11.4 Å². The van der Waals surface area contributed by atoms with Gasteiger partial charge in [-0.05, 0) is 19.1 Å². The number of halogens is 3. The average Bonchev–Trinajstić information content (AvgIpc) is 2.74. The maximum Gasteiger partial charge on any atom is 0.243 e. The Labute approximate surface area is 94.2 Å². The van der Waals surface area contributed by atoms with Crippen molar-refractivity contribution in [1.82, 2.24) is 10.1 Å². The number of nitrogens with two attached hydrogens (primary N) is 1. The van der Waals surface area contributed by atoms with Gasteiger partial charge in [0.2, 0.25) is 11.7 Å². The van der Waals surface area contributed by atoms with Crippen molar-refractivity contribution in [2.75, 3.05) is 0 Å². The van der Waals surface area contributed by atoms with Gasteiger partial charge in [-0.3, -0.25) is 0 Å². The summed E-state index contributed by atoms with van der Waals surface area (Å²) in [6.07, 6.45) is 0. The third-order valence-corrected chi connectivity index (χ3v) is 2.07. The molecule has 0 radical (unpaired) electrons. The van der Waals surface area contributed by atoms with E-state index in [1.807, 2.05) is 0 Å². The number of hydrogen-bond acceptors (Lipinski definition) is 4. The van der Waals surface area contributed by atoms with Gasteiger partial charge >= 0.3 is 0 Å². The van der Waals surface area contributed by atoms with Gasteiger partial charge in [-0.25, -0.2) is 13.2 Å². The first kappa shape index (κ1) is 11.6. The molecule has 0 aliphatic carbocycles. The van der Waals surface area contributed by atoms with E-state index in [9.17, 15) is 13.2 Å². The minimum absolute atomic E-state index is 0.0166. The quantitative estimate of drug-likeness (QED) is 0.821. The van der Waals surface area contributed by atoms with Gasteiger partial charge in [0, 0.05) is 5.56 Å². The van der Waals surface area contributed by atoms with Gasteiger partial charge in [0.05, 0.1) is 6.04 Å². The van der Waals surface area contributed by atoms with Crippen molar-refractivity contribution < 1.29 is 17.7 Å². The van der Waals surface area contributed by atoms with Gasteiger partial charge in [0.15, 0.2) is 17.5 Å². The van der Waals surface area contributed by atoms with Crippen molar-refractivity contribution in [3.05, 3.63) is 35.5 Å². The van der Waals surface area contributed by atoms with E-state index in [1.54, 1.807) is 6.92 Å². The minimum atomic E-state index is -1.54. The first-order chi connectivity index (χ1) is 7.99. The van der Waals surface area contributed by atoms with Gasteiger partial charge in [-0.2, -0.15) is 4.98 Å². The topological polar surface area (TPSA) is 64.9 Å². The average molecular weight is 243 g/mol. The molecule has 1 aromatic heterocycles. The van der Waals surface area contributed by atoms with Crippen LogP contribution in [0.2, 0.25) is 0 Å². The largest absolute Gasteiger partial charge is 0.337 e. The lowest BCUT2D eigenvalue weighted by molar-refractivity contribution is 0.362. The van der Waals surface area contributed by atoms with E-state index in [-0.39, 0.29) is 17.3 Å². The number of aromatic nitrogens is 2. The lowest BCUT2D eigenvalue weighted by atomic mass is 10.2. The van der Waals surface area contributed by atoms with Crippen molar-refractivity contribution in [3.8, 4) is 11.4 Å². The molecule has 0 fully saturated rings. The standard InChI is InChI=1S/C10H8F3N3O/c1-4(14)10-15-9(16-17-10)5-2-6(11)8(13)7(12)3-5/h2-4H,14H2,1H3/t4-/m1/s1. The fraction of sp³-hybridized carbons (Fsp3) is 0.200. The summed E-state index contributed by atoms with van der Waals surface area (Å²) in [4.78, 5) is 3.83. The highest BCUT2D eigenvalue weighted by Gasteiger charge is 2.16. The molecule has 2 aromatic rings. The second-order valence-electron chi connectivity index (χ2n) is 3.50. The number of benzene rings is 1. The third-order valence-electron chi connectivity index (χ3n) is 2.07. The summed E-state index contributed by atoms with van der Waals surface area (Å²) in [5.74, 6) is -4.08. The fourth-order valence-corrected chi connectivity index (χ4v) is 1.22. The lowest BCUT2D eigenvalue weighted by Gasteiger charge is -1.98. The molecule has 0 saturated heterocycles. The van der Waals surface area contributed by atoms with Gasteiger partial charge < -0.3 is 10.3 Å². The van der Waals surface area contributed by atoms with E-state index in [0.717, 1.165) is 12.1 Å². The molecule has 0 aliphatic heterocycles. The van der Waals surface area contributed by atoms with Crippen LogP contribution in [0, 0.1) is 17.5 Å². The molecule has 2 rings (SSSR count). The summed E-state index contributed by atoms with van der Waals surface area (Å²) in [6.45, 7) is 1.61. The Hall–Kier alpha value is -1.89. The zero-order chi connectivity index (χ0) is 12.6. The third kappa shape index (κ3) is 2.14. The number of rotatable bonds is 2. The van der Waals surface area contributed by atoms with E-state index < -0.39 is 23.5 Å². The Bertz CT molecular complexity index is 530. The van der Waals surface area contributed by atoms with Crippen LogP contribution in [-0.2, 0) is 0 Å². The molecule has 90 valence electrons. The molecule has 0 spiro atoms. The molecule has 1 aromatic carbocycles. The van der Waals surface area contributed by atoms with Crippen molar-refractivity contribution >= 4 is 0 Å². The van der Waals surface area contributed by atoms with Crippen molar-refractivity contribution in [2.45, 2.75) is 13.0 Å². The highest BCUT2D eigenvalue weighted by Crippen LogP contribution is 2.22. The summed E-state index contributed by atoms with van der Waals surface area (Å²) in [5, 5.41) is 3.50. The van der Waals surface area contributed by atoms with E-state index in [4.69, 9.17) is 10.3 Å². The molecule has 0 amide bonds. The highest BCUT2D eigenvalue weighted by atomic mass is 19.2. The summed E-state index contributed by atoms with van der Waals surface area (Å²) >= 11 is 0. The Morgan fingerprint density at radius 3 is 2.29 bits per heavy atom. The van der Waals surface area contributed by atoms with Crippen LogP contribution in [0.15, 0.2) is 16.7 Å². The Morgan fingerprint density at radius 1 is 1.24 bits per heavy atom. The van der Waals surface area contributed by atoms with Crippen LogP contribution in [-0.4, -0.2) is 10.1 Å². The predicted octanol–water partition coefficient (Wildman–Crippen LogP) is 2.17. The normalized spacial score (nSPS) is 12.8. The van der Waals surface area contributed by atoms with Crippen LogP contribution in [0.3, 0.4) is 0 Å². The molecule has 1 heterocycles. The van der Waals surface area contributed by atoms with Crippen LogP contribution in [0.1, 0.15) is 18.9 Å². The Balaban J connectivity index is 2.46. The SMILES string of the molecule is C[C@@H](N)c1nc(-c2cc(F)c(F)c(F)c2)no1. The molecular formula is C10H8F3N3O. The molecule has 17 heavy (non-hydrogen) atoms. The van der Waals surface area contributed by atoms with Crippen molar-refractivity contribution in [1.29, 1.82) is 0 Å². The summed E-state index contributed by atoms with van der Waals surface area (Å²) in [7, 11) is 0. The highest BCUT2D eigenvalue weighted by molar-refractivity contribution is 5.54. The van der Waals surface area contributed by atoms with Gasteiger partial charge in [-0.15, -0.1) is 0 Å². The molecular weight excluding hydrogens is 235 g/mol. The van der Waals surface area contributed by atoms with Crippen molar-refractivity contribution in [3.63, 3.8) is 0 Å². The second-order valence-corrected chi connectivity index (χ2v) is 3.50. The molecule has 0 bridgehead atoms. The van der Waals surface area contributed by atoms with Crippen LogP contribution < -0.4 is 5.73 Å². The molecule has 4 nitrogen and oxygen atoms in total. The van der Waals surface area contributed by atoms with E-state index in [1.165, 1.54) is 0 Å². The second kappa shape index (κ2) is 4.17. The summed E-state index contributed by atoms with van der Waals surface area (Å²) in [5.41, 5.74) is 5.47. The smallest absolute Gasteiger partial charge is 0.243 e. The van der Waals surface area contributed by atoms with Crippen molar-refractivity contribution in [2.24, 2.45) is 5.73 Å². The maximum atomic E-state index is 13.0. The van der Waals surface area contributed by atoms with Crippen LogP contribution >= 0.6 is 0 Å². The predicted molar refractivity (Wildman–Crippen MR) is 52.2 cm³/mol. The fourth-order valence-electron chi connectivity index (χ4n) is 1.22. The van der Waals surface area contributed by atoms with Gasteiger partial charge in [-0.1, -0.05) is 5.16 Å². The van der Waals surface area contributed by atoms with E-state index >= 15 is 0 Å². The maximum absolute atomic E-state index is 13.0. The monoisotopic (exact) mass is 243 g/mol. The zero-order valence-corrected chi connectivity index (χ0v) is 8.75. The van der Waals surface area contributed by atoms with E-state index in [2.05, 4.69) is 10.1 Å². The zero-order valence-electron chi connectivity index (χ0n) is 8.75. The van der Waals surface area contributed by atoms with Crippen LogP contribution in [0.4, 0.5) is 13.2 Å². The molecule has 2 N–H and O–H groups in total. The number of nitrogens with zero attached hydrogens (tertiary/aromatic N) is 2. The Kier molecular flexibility index (Phi) is 2.84. The lowest BCUT2D eigenvalue weighted by Crippen LogP contribution is -2.04. The number of hydrogen-bond donors (Lipinski definition) is 1. The minimum Gasteiger partial charge on any atom is -0.337 e.